The monoisotopic (exact) mass is 548 g/mol. The lowest BCUT2D eigenvalue weighted by atomic mass is 9.87. The summed E-state index contributed by atoms with van der Waals surface area (Å²) in [6, 6.07) is 37.2. The highest BCUT2D eigenvalue weighted by Crippen LogP contribution is 2.30. The van der Waals surface area contributed by atoms with E-state index in [1.807, 2.05) is 105 Å². The quantitative estimate of drug-likeness (QED) is 0.201. The summed E-state index contributed by atoms with van der Waals surface area (Å²) in [4.78, 5) is 30.1. The lowest BCUT2D eigenvalue weighted by Gasteiger charge is -2.33. The van der Waals surface area contributed by atoms with Crippen molar-refractivity contribution in [3.63, 3.8) is 0 Å². The molecule has 212 valence electrons. The maximum absolute atomic E-state index is 14.5. The van der Waals surface area contributed by atoms with Crippen LogP contribution in [0.5, 0.6) is 5.75 Å². The first-order chi connectivity index (χ1) is 20.0. The number of hydrogen-bond donors (Lipinski definition) is 1. The smallest absolute Gasteiger partial charge is 0.243 e. The van der Waals surface area contributed by atoms with Gasteiger partial charge in [0.2, 0.25) is 11.8 Å². The molecule has 5 heteroatoms. The minimum atomic E-state index is -0.683. The molecule has 0 saturated heterocycles. The number of carbonyl (C=O) groups is 2. The van der Waals surface area contributed by atoms with E-state index >= 15 is 0 Å². The van der Waals surface area contributed by atoms with E-state index in [0.717, 1.165) is 28.7 Å². The van der Waals surface area contributed by atoms with Crippen molar-refractivity contribution in [2.45, 2.75) is 57.7 Å². The molecule has 1 N–H and O–H groups in total. The van der Waals surface area contributed by atoms with Crippen LogP contribution in [0, 0.1) is 0 Å². The van der Waals surface area contributed by atoms with Crippen molar-refractivity contribution in [2.75, 3.05) is 7.11 Å². The van der Waals surface area contributed by atoms with Gasteiger partial charge in [-0.3, -0.25) is 9.59 Å². The van der Waals surface area contributed by atoms with Crippen LogP contribution in [0.3, 0.4) is 0 Å². The van der Waals surface area contributed by atoms with Crippen LogP contribution in [0.2, 0.25) is 0 Å². The number of nitrogens with one attached hydrogen (secondary N) is 1. The lowest BCUT2D eigenvalue weighted by Crippen LogP contribution is -2.52. The third-order valence-corrected chi connectivity index (χ3v) is 7.54. The average molecular weight is 549 g/mol. The molecule has 0 aliphatic heterocycles. The van der Waals surface area contributed by atoms with Crippen LogP contribution in [0.4, 0.5) is 0 Å². The summed E-state index contributed by atoms with van der Waals surface area (Å²) in [6.45, 7) is 4.32. The summed E-state index contributed by atoms with van der Waals surface area (Å²) < 4.78 is 5.47. The Kier molecular flexibility index (Phi) is 10.7. The fourth-order valence-corrected chi connectivity index (χ4v) is 5.05. The number of ether oxygens (including phenoxy) is 1. The van der Waals surface area contributed by atoms with E-state index in [0.29, 0.717) is 12.2 Å². The molecule has 0 radical (unpaired) electrons. The third kappa shape index (κ3) is 8.31. The number of rotatable bonds is 13. The van der Waals surface area contributed by atoms with Gasteiger partial charge in [-0.05, 0) is 47.7 Å². The molecule has 0 saturated carbocycles. The Morgan fingerprint density at radius 2 is 1.34 bits per heavy atom. The first-order valence-corrected chi connectivity index (χ1v) is 14.3. The highest BCUT2D eigenvalue weighted by Gasteiger charge is 2.32. The molecule has 0 aliphatic rings. The Morgan fingerprint density at radius 3 is 1.90 bits per heavy atom. The number of amides is 2. The molecular weight excluding hydrogens is 508 g/mol. The van der Waals surface area contributed by atoms with E-state index in [-0.39, 0.29) is 36.7 Å². The molecule has 4 aromatic rings. The van der Waals surface area contributed by atoms with E-state index < -0.39 is 6.04 Å². The molecular formula is C36H40N2O3. The van der Waals surface area contributed by atoms with E-state index in [2.05, 4.69) is 29.6 Å². The van der Waals surface area contributed by atoms with E-state index in [4.69, 9.17) is 4.74 Å². The van der Waals surface area contributed by atoms with Crippen molar-refractivity contribution in [3.8, 4) is 5.75 Å². The average Bonchev–Trinajstić information content (AvgIpc) is 3.02. The standard InChI is InChI=1S/C36H40N2O3/c1-4-27(2)37-36(40)34(24-28-15-8-5-9-16-28)38(26-29-17-14-22-32(23-29)41-3)35(39)25-33(30-18-10-6-11-19-30)31-20-12-7-13-21-31/h5-23,27,33-34H,4,24-26H2,1-3H3,(H,37,40)/t27-,34+/m1/s1. The van der Waals surface area contributed by atoms with Crippen molar-refractivity contribution in [3.05, 3.63) is 138 Å². The molecule has 41 heavy (non-hydrogen) atoms. The van der Waals surface area contributed by atoms with E-state index in [1.54, 1.807) is 12.0 Å². The van der Waals surface area contributed by atoms with Crippen molar-refractivity contribution >= 4 is 11.8 Å². The molecule has 2 atom stereocenters. The Balaban J connectivity index is 1.75. The van der Waals surface area contributed by atoms with Gasteiger partial charge in [-0.15, -0.1) is 0 Å². The van der Waals surface area contributed by atoms with Gasteiger partial charge in [0.25, 0.3) is 0 Å². The maximum Gasteiger partial charge on any atom is 0.243 e. The van der Waals surface area contributed by atoms with Gasteiger partial charge in [0, 0.05) is 31.3 Å². The lowest BCUT2D eigenvalue weighted by molar-refractivity contribution is -0.141. The maximum atomic E-state index is 14.5. The van der Waals surface area contributed by atoms with Crippen LogP contribution in [0.15, 0.2) is 115 Å². The zero-order valence-corrected chi connectivity index (χ0v) is 24.2. The van der Waals surface area contributed by atoms with Crippen molar-refractivity contribution in [1.29, 1.82) is 0 Å². The van der Waals surface area contributed by atoms with Crippen molar-refractivity contribution in [2.24, 2.45) is 0 Å². The van der Waals surface area contributed by atoms with E-state index in [1.165, 1.54) is 0 Å². The summed E-state index contributed by atoms with van der Waals surface area (Å²) in [7, 11) is 1.63. The molecule has 4 rings (SSSR count). The Morgan fingerprint density at radius 1 is 0.780 bits per heavy atom. The molecule has 4 aromatic carbocycles. The largest absolute Gasteiger partial charge is 0.497 e. The zero-order valence-electron chi connectivity index (χ0n) is 24.2. The minimum absolute atomic E-state index is 0.00377. The third-order valence-electron chi connectivity index (χ3n) is 7.54. The van der Waals surface area contributed by atoms with Gasteiger partial charge in [0.15, 0.2) is 0 Å². The Hall–Kier alpha value is -4.38. The van der Waals surface area contributed by atoms with Gasteiger partial charge in [0.05, 0.1) is 7.11 Å². The van der Waals surface area contributed by atoms with E-state index in [9.17, 15) is 9.59 Å². The predicted molar refractivity (Wildman–Crippen MR) is 165 cm³/mol. The predicted octanol–water partition coefficient (Wildman–Crippen LogP) is 6.77. The highest BCUT2D eigenvalue weighted by atomic mass is 16.5. The summed E-state index contributed by atoms with van der Waals surface area (Å²) in [6.07, 6.45) is 1.46. The molecule has 0 heterocycles. The minimum Gasteiger partial charge on any atom is -0.497 e. The molecule has 5 nitrogen and oxygen atoms in total. The summed E-state index contributed by atoms with van der Waals surface area (Å²) in [5.41, 5.74) is 4.04. The van der Waals surface area contributed by atoms with Crippen molar-refractivity contribution < 1.29 is 14.3 Å². The first-order valence-electron chi connectivity index (χ1n) is 14.3. The molecule has 2 amide bonds. The van der Waals surface area contributed by atoms with Gasteiger partial charge in [0.1, 0.15) is 11.8 Å². The normalized spacial score (nSPS) is 12.4. The summed E-state index contributed by atoms with van der Waals surface area (Å²) in [5, 5.41) is 3.15. The number of nitrogens with zero attached hydrogens (tertiary/aromatic N) is 1. The van der Waals surface area contributed by atoms with Crippen LogP contribution in [-0.2, 0) is 22.6 Å². The van der Waals surface area contributed by atoms with Gasteiger partial charge >= 0.3 is 0 Å². The second-order valence-electron chi connectivity index (χ2n) is 10.5. The SMILES string of the molecule is CC[C@@H](C)NC(=O)[C@H](Cc1ccccc1)N(Cc1cccc(OC)c1)C(=O)CC(c1ccccc1)c1ccccc1. The number of methoxy groups -OCH3 is 1. The molecule has 0 unspecified atom stereocenters. The van der Waals surface area contributed by atoms with Crippen molar-refractivity contribution in [1.82, 2.24) is 10.2 Å². The van der Waals surface area contributed by atoms with Crippen LogP contribution in [0.25, 0.3) is 0 Å². The Bertz CT molecular complexity index is 1340. The topological polar surface area (TPSA) is 58.6 Å². The van der Waals surface area contributed by atoms with Crippen LogP contribution >= 0.6 is 0 Å². The van der Waals surface area contributed by atoms with Crippen LogP contribution in [-0.4, -0.2) is 35.9 Å². The van der Waals surface area contributed by atoms with Crippen LogP contribution < -0.4 is 10.1 Å². The summed E-state index contributed by atoms with van der Waals surface area (Å²) in [5.74, 6) is 0.346. The highest BCUT2D eigenvalue weighted by molar-refractivity contribution is 5.88. The first kappa shape index (κ1) is 29.6. The molecule has 0 fully saturated rings. The number of benzene rings is 4. The second kappa shape index (κ2) is 14.8. The van der Waals surface area contributed by atoms with Crippen LogP contribution in [0.1, 0.15) is 54.9 Å². The molecule has 0 spiro atoms. The molecule has 0 bridgehead atoms. The van der Waals surface area contributed by atoms with Gasteiger partial charge in [-0.25, -0.2) is 0 Å². The van der Waals surface area contributed by atoms with Gasteiger partial charge in [-0.2, -0.15) is 0 Å². The zero-order chi connectivity index (χ0) is 29.0. The molecule has 0 aliphatic carbocycles. The fraction of sp³-hybridized carbons (Fsp3) is 0.278. The fourth-order valence-electron chi connectivity index (χ4n) is 5.05. The Labute approximate surface area is 244 Å². The number of carbonyl (C=O) groups excluding carboxylic acids is 2. The van der Waals surface area contributed by atoms with Gasteiger partial charge < -0.3 is 15.0 Å². The molecule has 0 aromatic heterocycles. The summed E-state index contributed by atoms with van der Waals surface area (Å²) >= 11 is 0. The van der Waals surface area contributed by atoms with Gasteiger partial charge in [-0.1, -0.05) is 110 Å². The number of hydrogen-bond acceptors (Lipinski definition) is 3. The second-order valence-corrected chi connectivity index (χ2v) is 10.5.